The van der Waals surface area contributed by atoms with Gasteiger partial charge in [-0.25, -0.2) is 4.79 Å². The van der Waals surface area contributed by atoms with Gasteiger partial charge in [0.15, 0.2) is 0 Å². The van der Waals surface area contributed by atoms with Gasteiger partial charge in [-0.15, -0.1) is 0 Å². The Balaban J connectivity index is 1.78. The first-order valence-corrected chi connectivity index (χ1v) is 7.82. The van der Waals surface area contributed by atoms with Crippen LogP contribution in [0.5, 0.6) is 0 Å². The zero-order valence-corrected chi connectivity index (χ0v) is 13.6. The highest BCUT2D eigenvalue weighted by molar-refractivity contribution is 5.68. The van der Waals surface area contributed by atoms with Crippen molar-refractivity contribution in [3.8, 4) is 0 Å². The maximum atomic E-state index is 12.0. The average Bonchev–Trinajstić information content (AvgIpc) is 2.85. The molecule has 0 aromatic heterocycles. The van der Waals surface area contributed by atoms with E-state index in [9.17, 15) is 4.79 Å². The van der Waals surface area contributed by atoms with Crippen LogP contribution in [0.3, 0.4) is 0 Å². The Morgan fingerprint density at radius 3 is 2.86 bits per heavy atom. The molecule has 0 N–H and O–H groups in total. The number of carbonyl (C=O) groups is 1. The third-order valence-corrected chi connectivity index (χ3v) is 3.79. The molecule has 2 aliphatic rings. The summed E-state index contributed by atoms with van der Waals surface area (Å²) in [4.78, 5) is 13.8. The molecule has 0 spiro atoms. The summed E-state index contributed by atoms with van der Waals surface area (Å²) in [5.74, 6) is 1.41. The number of nitrogens with zero attached hydrogens (tertiary/aromatic N) is 1. The first kappa shape index (κ1) is 15.9. The lowest BCUT2D eigenvalue weighted by atomic mass is 10.1. The van der Waals surface area contributed by atoms with E-state index >= 15 is 0 Å². The molecule has 0 aromatic rings. The fraction of sp³-hybridized carbons (Fsp3) is 0.706. The first-order chi connectivity index (χ1) is 9.85. The number of hydrogen-bond acceptors (Lipinski definition) is 3. The van der Waals surface area contributed by atoms with Crippen LogP contribution in [-0.2, 0) is 9.47 Å². The smallest absolute Gasteiger partial charge is 0.410 e. The third kappa shape index (κ3) is 4.80. The van der Waals surface area contributed by atoms with Crippen molar-refractivity contribution in [2.24, 2.45) is 5.92 Å². The number of hydrogen-bond donors (Lipinski definition) is 0. The van der Waals surface area contributed by atoms with Crippen molar-refractivity contribution in [1.29, 1.82) is 0 Å². The van der Waals surface area contributed by atoms with Gasteiger partial charge in [0.1, 0.15) is 11.4 Å². The molecule has 1 aliphatic heterocycles. The highest BCUT2D eigenvalue weighted by Gasteiger charge is 2.30. The van der Waals surface area contributed by atoms with Gasteiger partial charge in [-0.2, -0.15) is 0 Å². The molecule has 1 heterocycles. The van der Waals surface area contributed by atoms with Crippen molar-refractivity contribution in [1.82, 2.24) is 4.90 Å². The fourth-order valence-corrected chi connectivity index (χ4v) is 2.60. The quantitative estimate of drug-likeness (QED) is 0.792. The fourth-order valence-electron chi connectivity index (χ4n) is 2.60. The molecule has 21 heavy (non-hydrogen) atoms. The van der Waals surface area contributed by atoms with Gasteiger partial charge < -0.3 is 14.4 Å². The highest BCUT2D eigenvalue weighted by atomic mass is 16.6. The molecule has 118 valence electrons. The summed E-state index contributed by atoms with van der Waals surface area (Å²) in [5, 5.41) is 0. The van der Waals surface area contributed by atoms with Crippen molar-refractivity contribution in [3.05, 3.63) is 23.5 Å². The summed E-state index contributed by atoms with van der Waals surface area (Å²) in [6.45, 7) is 9.98. The Bertz CT molecular complexity index is 445. The molecule has 2 rings (SSSR count). The maximum absolute atomic E-state index is 12.0. The van der Waals surface area contributed by atoms with Crippen molar-refractivity contribution < 1.29 is 14.3 Å². The Kier molecular flexibility index (Phi) is 4.96. The second-order valence-electron chi connectivity index (χ2n) is 6.98. The molecular formula is C17H27NO3. The van der Waals surface area contributed by atoms with Crippen LogP contribution < -0.4 is 0 Å². The Hall–Kier alpha value is -1.45. The van der Waals surface area contributed by atoms with Crippen LogP contribution in [0.2, 0.25) is 0 Å². The van der Waals surface area contributed by atoms with E-state index in [4.69, 9.17) is 9.47 Å². The van der Waals surface area contributed by atoms with Crippen molar-refractivity contribution in [2.75, 3.05) is 19.7 Å². The van der Waals surface area contributed by atoms with Crippen LogP contribution in [0.1, 0.15) is 47.0 Å². The first-order valence-electron chi connectivity index (χ1n) is 7.82. The molecule has 1 atom stereocenters. The van der Waals surface area contributed by atoms with Crippen LogP contribution >= 0.6 is 0 Å². The molecule has 4 heteroatoms. The van der Waals surface area contributed by atoms with E-state index in [0.29, 0.717) is 12.5 Å². The summed E-state index contributed by atoms with van der Waals surface area (Å²) in [5.41, 5.74) is 0.889. The van der Waals surface area contributed by atoms with Crippen molar-refractivity contribution >= 4 is 6.09 Å². The van der Waals surface area contributed by atoms with Gasteiger partial charge in [-0.05, 0) is 58.6 Å². The summed E-state index contributed by atoms with van der Waals surface area (Å²) in [7, 11) is 0. The van der Waals surface area contributed by atoms with Gasteiger partial charge in [-0.1, -0.05) is 6.08 Å². The highest BCUT2D eigenvalue weighted by Crippen LogP contribution is 2.23. The minimum absolute atomic E-state index is 0.210. The molecule has 0 aromatic carbocycles. The zero-order valence-electron chi connectivity index (χ0n) is 13.6. The summed E-state index contributed by atoms with van der Waals surface area (Å²) in [6, 6.07) is 0. The molecule has 1 fully saturated rings. The molecule has 0 bridgehead atoms. The van der Waals surface area contributed by atoms with Crippen LogP contribution in [0.15, 0.2) is 23.5 Å². The molecule has 0 saturated carbocycles. The van der Waals surface area contributed by atoms with E-state index in [1.807, 2.05) is 20.8 Å². The molecule has 1 amide bonds. The van der Waals surface area contributed by atoms with Gasteiger partial charge in [0.2, 0.25) is 0 Å². The number of amides is 1. The number of rotatable bonds is 3. The lowest BCUT2D eigenvalue weighted by Crippen LogP contribution is -2.35. The number of ether oxygens (including phenoxy) is 2. The molecule has 1 unspecified atom stereocenters. The number of allylic oxidation sites excluding steroid dienone is 3. The van der Waals surface area contributed by atoms with Crippen molar-refractivity contribution in [2.45, 2.75) is 52.6 Å². The topological polar surface area (TPSA) is 38.8 Å². The van der Waals surface area contributed by atoms with Crippen LogP contribution in [-0.4, -0.2) is 36.3 Å². The van der Waals surface area contributed by atoms with E-state index in [1.165, 1.54) is 5.57 Å². The minimum atomic E-state index is -0.430. The van der Waals surface area contributed by atoms with Gasteiger partial charge in [-0.3, -0.25) is 0 Å². The lowest BCUT2D eigenvalue weighted by molar-refractivity contribution is 0.0282. The molecule has 1 aliphatic carbocycles. The molecular weight excluding hydrogens is 266 g/mol. The van der Waals surface area contributed by atoms with E-state index in [-0.39, 0.29) is 6.09 Å². The van der Waals surface area contributed by atoms with Gasteiger partial charge in [0.25, 0.3) is 0 Å². The van der Waals surface area contributed by atoms with E-state index in [0.717, 1.165) is 38.1 Å². The Morgan fingerprint density at radius 1 is 1.43 bits per heavy atom. The lowest BCUT2D eigenvalue weighted by Gasteiger charge is -2.24. The van der Waals surface area contributed by atoms with Gasteiger partial charge in [0.05, 0.1) is 6.61 Å². The van der Waals surface area contributed by atoms with E-state index in [2.05, 4.69) is 19.1 Å². The molecule has 4 nitrogen and oxygen atoms in total. The minimum Gasteiger partial charge on any atom is -0.493 e. The number of likely N-dealkylation sites (tertiary alicyclic amines) is 1. The summed E-state index contributed by atoms with van der Waals surface area (Å²) in [6.07, 6.45) is 7.19. The monoisotopic (exact) mass is 293 g/mol. The Labute approximate surface area is 127 Å². The predicted molar refractivity (Wildman–Crippen MR) is 82.9 cm³/mol. The summed E-state index contributed by atoms with van der Waals surface area (Å²) >= 11 is 0. The predicted octanol–water partition coefficient (Wildman–Crippen LogP) is 3.88. The van der Waals surface area contributed by atoms with Crippen molar-refractivity contribution in [3.63, 3.8) is 0 Å². The van der Waals surface area contributed by atoms with Crippen LogP contribution in [0, 0.1) is 5.92 Å². The van der Waals surface area contributed by atoms with Gasteiger partial charge in [0, 0.05) is 19.0 Å². The summed E-state index contributed by atoms with van der Waals surface area (Å²) < 4.78 is 11.3. The van der Waals surface area contributed by atoms with Gasteiger partial charge >= 0.3 is 6.09 Å². The SMILES string of the molecule is CC1=C(OCC2CCN(C(=O)OC(C)(C)C)C2)C=CCC1. The molecule has 0 radical (unpaired) electrons. The second-order valence-corrected chi connectivity index (χ2v) is 6.98. The Morgan fingerprint density at radius 2 is 2.19 bits per heavy atom. The van der Waals surface area contributed by atoms with Crippen LogP contribution in [0.4, 0.5) is 4.79 Å². The maximum Gasteiger partial charge on any atom is 0.410 e. The normalized spacial score (nSPS) is 22.7. The standard InChI is InChI=1S/C17H27NO3/c1-13-7-5-6-8-15(13)20-12-14-9-10-18(11-14)16(19)21-17(2,3)4/h6,8,14H,5,7,9-12H2,1-4H3. The number of carbonyl (C=O) groups excluding carboxylic acids is 1. The van der Waals surface area contributed by atoms with Crippen LogP contribution in [0.25, 0.3) is 0 Å². The van der Waals surface area contributed by atoms with E-state index < -0.39 is 5.60 Å². The van der Waals surface area contributed by atoms with E-state index in [1.54, 1.807) is 4.90 Å². The second kappa shape index (κ2) is 6.54. The third-order valence-electron chi connectivity index (χ3n) is 3.79. The molecule has 1 saturated heterocycles. The largest absolute Gasteiger partial charge is 0.493 e. The average molecular weight is 293 g/mol. The zero-order chi connectivity index (χ0) is 15.5.